The molecule has 69 valence electrons. The molecule has 1 aliphatic rings. The predicted molar refractivity (Wildman–Crippen MR) is 51.5 cm³/mol. The Labute approximate surface area is 81.5 Å². The third-order valence-electron chi connectivity index (χ3n) is 2.50. The summed E-state index contributed by atoms with van der Waals surface area (Å²) in [5, 5.41) is 3.02. The average Bonchev–Trinajstić information content (AvgIpc) is 2.55. The van der Waals surface area contributed by atoms with Gasteiger partial charge in [-0.15, -0.1) is 11.3 Å². The molecule has 1 radical (unpaired) electrons. The van der Waals surface area contributed by atoms with Crippen LogP contribution in [-0.2, 0) is 6.42 Å². The van der Waals surface area contributed by atoms with Crippen LogP contribution in [0.25, 0.3) is 0 Å². The Morgan fingerprint density at radius 1 is 1.62 bits per heavy atom. The molecule has 1 heterocycles. The Kier molecular flexibility index (Phi) is 2.12. The molecule has 0 fully saturated rings. The molecular weight excluding hydrogens is 184 g/mol. The van der Waals surface area contributed by atoms with Crippen LogP contribution in [0.15, 0.2) is 0 Å². The highest BCUT2D eigenvalue weighted by Crippen LogP contribution is 2.36. The molecule has 0 aromatic carbocycles. The fourth-order valence-corrected chi connectivity index (χ4v) is 2.65. The zero-order chi connectivity index (χ0) is 9.42. The van der Waals surface area contributed by atoms with E-state index in [4.69, 9.17) is 4.74 Å². The number of ketones is 1. The Hall–Kier alpha value is -0.830. The molecule has 0 aliphatic heterocycles. The lowest BCUT2D eigenvalue weighted by molar-refractivity contribution is 0.0918. The first-order valence-electron chi connectivity index (χ1n) is 4.35. The van der Waals surface area contributed by atoms with Gasteiger partial charge in [0.25, 0.3) is 0 Å². The Bertz CT molecular complexity index is 341. The Morgan fingerprint density at radius 2 is 2.38 bits per heavy atom. The van der Waals surface area contributed by atoms with E-state index in [1.54, 1.807) is 7.11 Å². The van der Waals surface area contributed by atoms with Gasteiger partial charge in [0.1, 0.15) is 5.75 Å². The van der Waals surface area contributed by atoms with Gasteiger partial charge in [-0.3, -0.25) is 4.79 Å². The van der Waals surface area contributed by atoms with Gasteiger partial charge in [0.05, 0.1) is 17.4 Å². The normalized spacial score (nSPS) is 21.4. The number of hydrogen-bond acceptors (Lipinski definition) is 3. The highest BCUT2D eigenvalue weighted by molar-refractivity contribution is 7.12. The van der Waals surface area contributed by atoms with Crippen molar-refractivity contribution < 1.29 is 9.53 Å². The summed E-state index contributed by atoms with van der Waals surface area (Å²) in [7, 11) is 1.63. The van der Waals surface area contributed by atoms with E-state index < -0.39 is 0 Å². The summed E-state index contributed by atoms with van der Waals surface area (Å²) in [5.74, 6) is 1.19. The minimum absolute atomic E-state index is 0.171. The van der Waals surface area contributed by atoms with Gasteiger partial charge in [-0.2, -0.15) is 0 Å². The lowest BCUT2D eigenvalue weighted by atomic mass is 9.89. The second-order valence-electron chi connectivity index (χ2n) is 3.35. The molecule has 0 amide bonds. The van der Waals surface area contributed by atoms with Gasteiger partial charge in [-0.25, -0.2) is 0 Å². The third-order valence-corrected chi connectivity index (χ3v) is 3.44. The second kappa shape index (κ2) is 3.14. The molecule has 1 aromatic rings. The monoisotopic (exact) mass is 195 g/mol. The number of ether oxygens (including phenoxy) is 1. The lowest BCUT2D eigenvalue weighted by Gasteiger charge is -2.16. The molecule has 0 saturated carbocycles. The van der Waals surface area contributed by atoms with Gasteiger partial charge in [-0.05, 0) is 12.8 Å². The minimum atomic E-state index is 0.171. The molecule has 3 heteroatoms. The topological polar surface area (TPSA) is 26.3 Å². The molecule has 1 aromatic heterocycles. The number of fused-ring (bicyclic) bond motifs is 1. The van der Waals surface area contributed by atoms with Crippen LogP contribution in [0.2, 0.25) is 0 Å². The van der Waals surface area contributed by atoms with Crippen LogP contribution < -0.4 is 4.74 Å². The van der Waals surface area contributed by atoms with Gasteiger partial charge in [0.15, 0.2) is 5.78 Å². The van der Waals surface area contributed by atoms with Gasteiger partial charge in [0, 0.05) is 11.5 Å². The van der Waals surface area contributed by atoms with Crippen LogP contribution in [-0.4, -0.2) is 12.9 Å². The first-order valence-corrected chi connectivity index (χ1v) is 5.17. The minimum Gasteiger partial charge on any atom is -0.495 e. The van der Waals surface area contributed by atoms with Crippen LogP contribution in [0.3, 0.4) is 0 Å². The Balaban J connectivity index is 2.45. The molecule has 0 spiro atoms. The van der Waals surface area contributed by atoms with Crippen LogP contribution in [0.5, 0.6) is 5.75 Å². The summed E-state index contributed by atoms with van der Waals surface area (Å²) in [6.07, 6.45) is 1.89. The maximum Gasteiger partial charge on any atom is 0.176 e. The zero-order valence-corrected chi connectivity index (χ0v) is 8.53. The zero-order valence-electron chi connectivity index (χ0n) is 7.72. The van der Waals surface area contributed by atoms with Gasteiger partial charge in [0.2, 0.25) is 0 Å². The number of carbonyl (C=O) groups excluding carboxylic acids is 1. The third kappa shape index (κ3) is 1.27. The maximum absolute atomic E-state index is 11.7. The maximum atomic E-state index is 11.7. The molecule has 2 rings (SSSR count). The van der Waals surface area contributed by atoms with Crippen molar-refractivity contribution in [2.45, 2.75) is 19.8 Å². The molecule has 2 nitrogen and oxygen atoms in total. The lowest BCUT2D eigenvalue weighted by Crippen LogP contribution is -2.17. The molecule has 0 bridgehead atoms. The average molecular weight is 195 g/mol. The molecule has 1 aliphatic carbocycles. The quantitative estimate of drug-likeness (QED) is 0.687. The van der Waals surface area contributed by atoms with E-state index in [0.717, 1.165) is 29.0 Å². The second-order valence-corrected chi connectivity index (χ2v) is 4.17. The first kappa shape index (κ1) is 8.75. The van der Waals surface area contributed by atoms with Crippen LogP contribution in [0.4, 0.5) is 0 Å². The van der Waals surface area contributed by atoms with E-state index >= 15 is 0 Å². The fraction of sp³-hybridized carbons (Fsp3) is 0.500. The SMILES string of the molecule is COc1[c]sc2c1CCC(C)C2=O. The highest BCUT2D eigenvalue weighted by Gasteiger charge is 2.28. The molecule has 0 saturated heterocycles. The van der Waals surface area contributed by atoms with Crippen LogP contribution >= 0.6 is 11.3 Å². The van der Waals surface area contributed by atoms with E-state index in [1.165, 1.54) is 11.3 Å². The van der Waals surface area contributed by atoms with Crippen LogP contribution in [0, 0.1) is 11.3 Å². The summed E-state index contributed by atoms with van der Waals surface area (Å²) >= 11 is 1.39. The summed E-state index contributed by atoms with van der Waals surface area (Å²) in [5.41, 5.74) is 1.07. The number of Topliss-reactive ketones (excluding diaryl/α,β-unsaturated/α-hetero) is 1. The number of hydrogen-bond donors (Lipinski definition) is 0. The number of methoxy groups -OCH3 is 1. The van der Waals surface area contributed by atoms with Crippen molar-refractivity contribution in [1.82, 2.24) is 0 Å². The number of carbonyl (C=O) groups is 1. The van der Waals surface area contributed by atoms with Gasteiger partial charge < -0.3 is 4.74 Å². The van der Waals surface area contributed by atoms with Crippen LogP contribution in [0.1, 0.15) is 28.6 Å². The molecule has 0 N–H and O–H groups in total. The standard InChI is InChI=1S/C10H11O2S/c1-6-3-4-7-8(12-2)5-13-10(7)9(6)11/h6H,3-4H2,1-2H3. The molecule has 1 atom stereocenters. The summed E-state index contributed by atoms with van der Waals surface area (Å²) < 4.78 is 5.14. The number of rotatable bonds is 1. The van der Waals surface area contributed by atoms with Crippen molar-refractivity contribution in [2.75, 3.05) is 7.11 Å². The van der Waals surface area contributed by atoms with Crippen molar-refractivity contribution in [1.29, 1.82) is 0 Å². The van der Waals surface area contributed by atoms with Crippen molar-refractivity contribution >= 4 is 17.1 Å². The molecule has 13 heavy (non-hydrogen) atoms. The largest absolute Gasteiger partial charge is 0.495 e. The molecule has 1 unspecified atom stereocenters. The first-order chi connectivity index (χ1) is 6.24. The van der Waals surface area contributed by atoms with E-state index in [-0.39, 0.29) is 11.7 Å². The summed E-state index contributed by atoms with van der Waals surface area (Å²) in [6.45, 7) is 1.98. The summed E-state index contributed by atoms with van der Waals surface area (Å²) in [4.78, 5) is 12.5. The van der Waals surface area contributed by atoms with E-state index in [0.29, 0.717) is 0 Å². The van der Waals surface area contributed by atoms with Crippen molar-refractivity contribution in [3.8, 4) is 5.75 Å². The Morgan fingerprint density at radius 3 is 3.08 bits per heavy atom. The van der Waals surface area contributed by atoms with Gasteiger partial charge >= 0.3 is 0 Å². The molecular formula is C10H11O2S. The van der Waals surface area contributed by atoms with E-state index in [9.17, 15) is 4.79 Å². The van der Waals surface area contributed by atoms with E-state index in [1.807, 2.05) is 6.92 Å². The smallest absolute Gasteiger partial charge is 0.176 e. The van der Waals surface area contributed by atoms with Gasteiger partial charge in [-0.1, -0.05) is 6.92 Å². The summed E-state index contributed by atoms with van der Waals surface area (Å²) in [6, 6.07) is 0. The van der Waals surface area contributed by atoms with Crippen molar-refractivity contribution in [3.63, 3.8) is 0 Å². The fourth-order valence-electron chi connectivity index (χ4n) is 1.63. The highest BCUT2D eigenvalue weighted by atomic mass is 32.1. The number of thiophene rings is 1. The van der Waals surface area contributed by atoms with Crippen molar-refractivity contribution in [3.05, 3.63) is 15.8 Å². The van der Waals surface area contributed by atoms with E-state index in [2.05, 4.69) is 5.38 Å². The van der Waals surface area contributed by atoms with Crippen molar-refractivity contribution in [2.24, 2.45) is 5.92 Å². The predicted octanol–water partition coefficient (Wildman–Crippen LogP) is 2.32.